The Hall–Kier alpha value is -4.21. The van der Waals surface area contributed by atoms with Gasteiger partial charge in [-0.25, -0.2) is 4.98 Å². The number of rotatable bonds is 8. The lowest BCUT2D eigenvalue weighted by Crippen LogP contribution is -2.43. The smallest absolute Gasteiger partial charge is 0.269 e. The van der Waals surface area contributed by atoms with Gasteiger partial charge in [0.2, 0.25) is 5.95 Å². The fraction of sp³-hybridized carbons (Fsp3) is 0.172. The summed E-state index contributed by atoms with van der Waals surface area (Å²) in [5.74, 6) is 0.637. The van der Waals surface area contributed by atoms with Crippen molar-refractivity contribution in [2.75, 3.05) is 5.32 Å². The van der Waals surface area contributed by atoms with E-state index in [-0.39, 0.29) is 11.5 Å². The Morgan fingerprint density at radius 1 is 1.10 bits per heavy atom. The highest BCUT2D eigenvalue weighted by molar-refractivity contribution is 7.13. The second-order valence-corrected chi connectivity index (χ2v) is 10.8. The quantitative estimate of drug-likeness (QED) is 0.241. The molecule has 2 aromatic carbocycles. The summed E-state index contributed by atoms with van der Waals surface area (Å²) in [4.78, 5) is 34.9. The molecule has 0 fully saturated rings. The highest BCUT2D eigenvalue weighted by Gasteiger charge is 2.31. The number of hydrogen-bond donors (Lipinski definition) is 2. The second kappa shape index (κ2) is 10.9. The number of aromatic nitrogens is 4. The molecule has 5 aromatic rings. The molecular weight excluding hydrogens is 534 g/mol. The van der Waals surface area contributed by atoms with Crippen molar-refractivity contribution in [1.29, 1.82) is 0 Å². The molecule has 0 saturated carbocycles. The van der Waals surface area contributed by atoms with Crippen molar-refractivity contribution < 1.29 is 9.53 Å². The van der Waals surface area contributed by atoms with Gasteiger partial charge in [0, 0.05) is 23.1 Å². The first-order chi connectivity index (χ1) is 18.7. The first-order valence-electron chi connectivity index (χ1n) is 12.2. The number of nitrogens with zero attached hydrogens (tertiary/aromatic N) is 3. The van der Waals surface area contributed by atoms with Crippen molar-refractivity contribution in [3.63, 3.8) is 0 Å². The fourth-order valence-corrected chi connectivity index (χ4v) is 4.80. The summed E-state index contributed by atoms with van der Waals surface area (Å²) in [6.45, 7) is 5.13. The van der Waals surface area contributed by atoms with Crippen molar-refractivity contribution in [3.05, 3.63) is 110 Å². The first-order valence-corrected chi connectivity index (χ1v) is 13.5. The Labute approximate surface area is 234 Å². The summed E-state index contributed by atoms with van der Waals surface area (Å²) in [6, 6.07) is 22.1. The normalized spacial score (nSPS) is 11.4. The Morgan fingerprint density at radius 3 is 2.51 bits per heavy atom. The number of carbonyl (C=O) groups excluding carboxylic acids is 1. The van der Waals surface area contributed by atoms with Crippen molar-refractivity contribution in [3.8, 4) is 22.3 Å². The topological polar surface area (TPSA) is 102 Å². The maximum absolute atomic E-state index is 13.4. The summed E-state index contributed by atoms with van der Waals surface area (Å²) in [5, 5.41) is 10.1. The van der Waals surface area contributed by atoms with Gasteiger partial charge in [-0.2, -0.15) is 9.78 Å². The second-order valence-electron chi connectivity index (χ2n) is 9.44. The van der Waals surface area contributed by atoms with Crippen LogP contribution < -0.4 is 15.6 Å². The van der Waals surface area contributed by atoms with Crippen LogP contribution in [0.5, 0.6) is 5.75 Å². The van der Waals surface area contributed by atoms with Gasteiger partial charge in [-0.15, -0.1) is 11.3 Å². The number of ether oxygens (including phenoxy) is 1. The van der Waals surface area contributed by atoms with E-state index < -0.39 is 11.5 Å². The molecule has 0 radical (unpaired) electrons. The minimum absolute atomic E-state index is 0.198. The molecule has 0 atom stereocenters. The Kier molecular flexibility index (Phi) is 7.36. The Bertz CT molecular complexity index is 1660. The van der Waals surface area contributed by atoms with Crippen molar-refractivity contribution in [2.45, 2.75) is 32.8 Å². The average molecular weight is 560 g/mol. The SMILES string of the molecule is Cc1nc(-n2nc(-c3cccs3)cc2NC(=O)C(C)(C)Oc2ccc(Cl)cc2)[nH]c(=O)c1Cc1ccccc1. The van der Waals surface area contributed by atoms with Crippen LogP contribution in [0.1, 0.15) is 30.7 Å². The largest absolute Gasteiger partial charge is 0.478 e. The summed E-state index contributed by atoms with van der Waals surface area (Å²) in [6.07, 6.45) is 0.453. The number of nitrogens with one attached hydrogen (secondary N) is 2. The van der Waals surface area contributed by atoms with Gasteiger partial charge in [-0.3, -0.25) is 14.6 Å². The lowest BCUT2D eigenvalue weighted by Gasteiger charge is -2.25. The predicted molar refractivity (Wildman–Crippen MR) is 154 cm³/mol. The van der Waals surface area contributed by atoms with Gasteiger partial charge < -0.3 is 10.1 Å². The van der Waals surface area contributed by atoms with E-state index >= 15 is 0 Å². The average Bonchev–Trinajstić information content (AvgIpc) is 3.58. The lowest BCUT2D eigenvalue weighted by molar-refractivity contribution is -0.128. The van der Waals surface area contributed by atoms with Gasteiger partial charge in [-0.05, 0) is 62.0 Å². The van der Waals surface area contributed by atoms with E-state index in [4.69, 9.17) is 16.3 Å². The van der Waals surface area contributed by atoms with Crippen LogP contribution >= 0.6 is 22.9 Å². The van der Waals surface area contributed by atoms with Gasteiger partial charge in [0.25, 0.3) is 11.5 Å². The number of anilines is 1. The standard InChI is InChI=1S/C29H26ClN5O3S/c1-18-22(16-19-8-5-4-6-9-19)26(36)33-28(31-18)35-25(17-23(34-35)24-10-7-15-39-24)32-27(37)29(2,3)38-21-13-11-20(30)12-14-21/h4-15,17H,16H2,1-3H3,(H,32,37)(H,31,33,36). The third kappa shape index (κ3) is 5.94. The third-order valence-corrected chi connectivity index (χ3v) is 7.24. The Morgan fingerprint density at radius 2 is 1.85 bits per heavy atom. The number of amides is 1. The number of thiophene rings is 1. The van der Waals surface area contributed by atoms with E-state index in [1.54, 1.807) is 51.1 Å². The molecule has 3 heterocycles. The molecule has 0 unspecified atom stereocenters. The van der Waals surface area contributed by atoms with Crippen LogP contribution in [0.25, 0.3) is 16.5 Å². The van der Waals surface area contributed by atoms with Crippen LogP contribution in [-0.4, -0.2) is 31.3 Å². The number of H-pyrrole nitrogens is 1. The number of benzene rings is 2. The molecule has 0 spiro atoms. The molecule has 0 aliphatic carbocycles. The van der Waals surface area contributed by atoms with E-state index in [0.29, 0.717) is 40.0 Å². The van der Waals surface area contributed by atoms with Crippen LogP contribution in [0.3, 0.4) is 0 Å². The molecule has 0 saturated heterocycles. The van der Waals surface area contributed by atoms with Gasteiger partial charge in [0.1, 0.15) is 17.3 Å². The van der Waals surface area contributed by atoms with Crippen LogP contribution in [0, 0.1) is 6.92 Å². The van der Waals surface area contributed by atoms with Crippen LogP contribution in [0.4, 0.5) is 5.82 Å². The van der Waals surface area contributed by atoms with Crippen LogP contribution in [0.15, 0.2) is 83.0 Å². The minimum atomic E-state index is -1.23. The molecule has 2 N–H and O–H groups in total. The molecule has 8 nitrogen and oxygen atoms in total. The lowest BCUT2D eigenvalue weighted by atomic mass is 10.1. The molecule has 3 aromatic heterocycles. The molecule has 1 amide bonds. The van der Waals surface area contributed by atoms with Gasteiger partial charge in [0.15, 0.2) is 5.60 Å². The summed E-state index contributed by atoms with van der Waals surface area (Å²) >= 11 is 7.48. The third-order valence-electron chi connectivity index (χ3n) is 6.09. The zero-order chi connectivity index (χ0) is 27.6. The van der Waals surface area contributed by atoms with E-state index in [2.05, 4.69) is 20.4 Å². The minimum Gasteiger partial charge on any atom is -0.478 e. The van der Waals surface area contributed by atoms with Crippen LogP contribution in [0.2, 0.25) is 5.02 Å². The van der Waals surface area contributed by atoms with E-state index in [1.165, 1.54) is 16.0 Å². The zero-order valence-corrected chi connectivity index (χ0v) is 23.1. The maximum atomic E-state index is 13.4. The number of carbonyl (C=O) groups is 1. The van der Waals surface area contributed by atoms with Gasteiger partial charge in [0.05, 0.1) is 10.6 Å². The van der Waals surface area contributed by atoms with Gasteiger partial charge >= 0.3 is 0 Å². The maximum Gasteiger partial charge on any atom is 0.269 e. The number of hydrogen-bond acceptors (Lipinski definition) is 6. The summed E-state index contributed by atoms with van der Waals surface area (Å²) in [7, 11) is 0. The molecular formula is C29H26ClN5O3S. The van der Waals surface area contributed by atoms with Gasteiger partial charge in [-0.1, -0.05) is 48.0 Å². The summed E-state index contributed by atoms with van der Waals surface area (Å²) < 4.78 is 7.39. The molecule has 5 rings (SSSR count). The number of aryl methyl sites for hydroxylation is 1. The number of aromatic amines is 1. The van der Waals surface area contributed by atoms with Crippen molar-refractivity contribution >= 4 is 34.7 Å². The predicted octanol–water partition coefficient (Wildman–Crippen LogP) is 6.03. The molecule has 0 aliphatic heterocycles. The Balaban J connectivity index is 1.48. The van der Waals surface area contributed by atoms with E-state index in [9.17, 15) is 9.59 Å². The van der Waals surface area contributed by atoms with E-state index in [1.807, 2.05) is 47.8 Å². The fourth-order valence-electron chi connectivity index (χ4n) is 3.99. The van der Waals surface area contributed by atoms with Crippen molar-refractivity contribution in [2.24, 2.45) is 0 Å². The van der Waals surface area contributed by atoms with E-state index in [0.717, 1.165) is 10.4 Å². The monoisotopic (exact) mass is 559 g/mol. The molecule has 0 aliphatic rings. The number of halogens is 1. The highest BCUT2D eigenvalue weighted by atomic mass is 35.5. The highest BCUT2D eigenvalue weighted by Crippen LogP contribution is 2.29. The summed E-state index contributed by atoms with van der Waals surface area (Å²) in [5.41, 5.74) is 1.29. The van der Waals surface area contributed by atoms with Crippen molar-refractivity contribution in [1.82, 2.24) is 19.7 Å². The van der Waals surface area contributed by atoms with Crippen LogP contribution in [-0.2, 0) is 11.2 Å². The molecule has 10 heteroatoms. The first kappa shape index (κ1) is 26.4. The molecule has 198 valence electrons. The molecule has 0 bridgehead atoms. The molecule has 39 heavy (non-hydrogen) atoms. The zero-order valence-electron chi connectivity index (χ0n) is 21.6.